The van der Waals surface area contributed by atoms with Gasteiger partial charge in [-0.2, -0.15) is 8.78 Å². The smallest absolute Gasteiger partial charge is 0.387 e. The summed E-state index contributed by atoms with van der Waals surface area (Å²) in [5.41, 5.74) is 2.69. The minimum atomic E-state index is -2.84. The molecule has 0 aliphatic rings. The second-order valence-electron chi connectivity index (χ2n) is 5.83. The van der Waals surface area contributed by atoms with Crippen LogP contribution in [0.3, 0.4) is 0 Å². The molecule has 1 aromatic heterocycles. The van der Waals surface area contributed by atoms with E-state index in [1.807, 2.05) is 25.3 Å². The summed E-state index contributed by atoms with van der Waals surface area (Å²) in [5.74, 6) is 0.789. The zero-order chi connectivity index (χ0) is 18.9. The van der Waals surface area contributed by atoms with Gasteiger partial charge in [0.15, 0.2) is 5.96 Å². The Balaban J connectivity index is 0.00000364. The molecule has 27 heavy (non-hydrogen) atoms. The zero-order valence-electron chi connectivity index (χ0n) is 15.6. The number of rotatable bonds is 8. The van der Waals surface area contributed by atoms with Gasteiger partial charge < -0.3 is 15.4 Å². The second-order valence-corrected chi connectivity index (χ2v) is 6.77. The number of hydrogen-bond acceptors (Lipinski definition) is 4. The number of halogens is 3. The fourth-order valence-corrected chi connectivity index (χ4v) is 3.24. The minimum Gasteiger partial charge on any atom is -0.434 e. The minimum absolute atomic E-state index is 0. The van der Waals surface area contributed by atoms with Gasteiger partial charge in [0.2, 0.25) is 0 Å². The van der Waals surface area contributed by atoms with E-state index in [1.54, 1.807) is 30.5 Å². The Morgan fingerprint density at radius 2 is 2.07 bits per heavy atom. The molecule has 2 aromatic rings. The lowest BCUT2D eigenvalue weighted by Gasteiger charge is -2.15. The molecule has 5 nitrogen and oxygen atoms in total. The molecule has 1 heterocycles. The highest BCUT2D eigenvalue weighted by Crippen LogP contribution is 2.22. The normalized spacial score (nSPS) is 11.3. The molecule has 0 bridgehead atoms. The fourth-order valence-electron chi connectivity index (χ4n) is 2.42. The van der Waals surface area contributed by atoms with E-state index in [1.165, 1.54) is 0 Å². The molecular weight excluding hydrogens is 485 g/mol. The molecule has 0 aliphatic heterocycles. The van der Waals surface area contributed by atoms with Crippen LogP contribution < -0.4 is 15.4 Å². The Hall–Kier alpha value is -1.49. The molecule has 0 unspecified atom stereocenters. The number of benzene rings is 1. The van der Waals surface area contributed by atoms with E-state index in [4.69, 9.17) is 0 Å². The van der Waals surface area contributed by atoms with Crippen LogP contribution in [0, 0.1) is 13.8 Å². The van der Waals surface area contributed by atoms with E-state index in [0.717, 1.165) is 35.7 Å². The second kappa shape index (κ2) is 12.1. The summed E-state index contributed by atoms with van der Waals surface area (Å²) in [7, 11) is 1.67. The van der Waals surface area contributed by atoms with Crippen LogP contribution in [-0.4, -0.2) is 31.1 Å². The average molecular weight is 510 g/mol. The molecule has 0 aliphatic carbocycles. The maximum Gasteiger partial charge on any atom is 0.387 e. The Labute approximate surface area is 179 Å². The number of nitrogens with zero attached hydrogens (tertiary/aromatic N) is 2. The van der Waals surface area contributed by atoms with Crippen LogP contribution in [0.15, 0.2) is 28.6 Å². The van der Waals surface area contributed by atoms with E-state index in [0.29, 0.717) is 18.1 Å². The summed E-state index contributed by atoms with van der Waals surface area (Å²) in [6, 6.07) is 5.13. The van der Waals surface area contributed by atoms with Gasteiger partial charge >= 0.3 is 6.61 Å². The molecule has 1 aromatic carbocycles. The van der Waals surface area contributed by atoms with Crippen molar-refractivity contribution in [1.82, 2.24) is 15.6 Å². The molecule has 0 atom stereocenters. The first-order chi connectivity index (χ1) is 12.5. The molecular formula is C18H25F2IN4OS. The summed E-state index contributed by atoms with van der Waals surface area (Å²) in [6.45, 7) is 2.13. The third-order valence-electron chi connectivity index (χ3n) is 3.63. The van der Waals surface area contributed by atoms with Crippen molar-refractivity contribution in [1.29, 1.82) is 0 Å². The number of nitrogens with one attached hydrogen (secondary N) is 2. The number of aryl methyl sites for hydroxylation is 3. The number of hydrogen-bond donors (Lipinski definition) is 2. The van der Waals surface area contributed by atoms with Crippen molar-refractivity contribution >= 4 is 41.3 Å². The zero-order valence-corrected chi connectivity index (χ0v) is 18.7. The van der Waals surface area contributed by atoms with Gasteiger partial charge in [-0.15, -0.1) is 35.3 Å². The van der Waals surface area contributed by atoms with Crippen LogP contribution in [0.5, 0.6) is 5.75 Å². The summed E-state index contributed by atoms with van der Waals surface area (Å²) < 4.78 is 29.6. The molecule has 2 N–H and O–H groups in total. The predicted molar refractivity (Wildman–Crippen MR) is 117 cm³/mol. The molecule has 0 fully saturated rings. The summed E-state index contributed by atoms with van der Waals surface area (Å²) in [5, 5.41) is 9.52. The highest BCUT2D eigenvalue weighted by molar-refractivity contribution is 14.0. The van der Waals surface area contributed by atoms with Crippen LogP contribution in [0.25, 0.3) is 0 Å². The average Bonchev–Trinajstić information content (AvgIpc) is 3.01. The van der Waals surface area contributed by atoms with E-state index < -0.39 is 6.61 Å². The van der Waals surface area contributed by atoms with Crippen molar-refractivity contribution in [2.24, 2.45) is 4.99 Å². The van der Waals surface area contributed by atoms with Gasteiger partial charge in [0.1, 0.15) is 5.75 Å². The Kier molecular flexibility index (Phi) is 10.5. The van der Waals surface area contributed by atoms with Crippen LogP contribution in [0.4, 0.5) is 8.78 Å². The maximum atomic E-state index is 12.5. The van der Waals surface area contributed by atoms with Crippen LogP contribution in [-0.2, 0) is 13.0 Å². The van der Waals surface area contributed by atoms with Gasteiger partial charge in [0, 0.05) is 43.2 Å². The van der Waals surface area contributed by atoms with Crippen molar-refractivity contribution in [2.45, 2.75) is 39.8 Å². The van der Waals surface area contributed by atoms with Crippen LogP contribution in [0.1, 0.15) is 28.2 Å². The Bertz CT molecular complexity index is 740. The van der Waals surface area contributed by atoms with Crippen molar-refractivity contribution < 1.29 is 13.5 Å². The third-order valence-corrected chi connectivity index (χ3v) is 4.65. The lowest BCUT2D eigenvalue weighted by molar-refractivity contribution is -0.0504. The van der Waals surface area contributed by atoms with Gasteiger partial charge in [-0.1, -0.05) is 17.7 Å². The molecule has 0 amide bonds. The van der Waals surface area contributed by atoms with Crippen molar-refractivity contribution in [3.8, 4) is 5.75 Å². The van der Waals surface area contributed by atoms with E-state index >= 15 is 0 Å². The molecule has 2 rings (SSSR count). The van der Waals surface area contributed by atoms with Crippen molar-refractivity contribution in [2.75, 3.05) is 13.6 Å². The molecule has 150 valence electrons. The molecule has 0 saturated carbocycles. The monoisotopic (exact) mass is 510 g/mol. The highest BCUT2D eigenvalue weighted by Gasteiger charge is 2.10. The van der Waals surface area contributed by atoms with Gasteiger partial charge in [0.25, 0.3) is 0 Å². The number of thiazole rings is 1. The Morgan fingerprint density at radius 3 is 2.70 bits per heavy atom. The number of alkyl halides is 2. The predicted octanol–water partition coefficient (Wildman–Crippen LogP) is 4.28. The van der Waals surface area contributed by atoms with E-state index in [-0.39, 0.29) is 29.7 Å². The molecule has 0 radical (unpaired) electrons. The number of ether oxygens (including phenoxy) is 1. The third kappa shape index (κ3) is 8.37. The van der Waals surface area contributed by atoms with E-state index in [2.05, 4.69) is 25.3 Å². The first-order valence-corrected chi connectivity index (χ1v) is 9.25. The summed E-state index contributed by atoms with van der Waals surface area (Å²) in [6.07, 6.45) is 1.84. The largest absolute Gasteiger partial charge is 0.434 e. The topological polar surface area (TPSA) is 58.5 Å². The van der Waals surface area contributed by atoms with Gasteiger partial charge in [0.05, 0.1) is 5.01 Å². The van der Waals surface area contributed by atoms with Gasteiger partial charge in [-0.25, -0.2) is 4.98 Å². The molecule has 9 heteroatoms. The van der Waals surface area contributed by atoms with Crippen molar-refractivity contribution in [3.63, 3.8) is 0 Å². The first kappa shape index (κ1) is 23.5. The number of guanidine groups is 1. The van der Waals surface area contributed by atoms with Crippen molar-refractivity contribution in [3.05, 3.63) is 45.4 Å². The molecule has 0 saturated heterocycles. The lowest BCUT2D eigenvalue weighted by atomic mass is 10.1. The first-order valence-electron chi connectivity index (χ1n) is 8.38. The quantitative estimate of drug-likeness (QED) is 0.241. The standard InChI is InChI=1S/C18H24F2N4OS.HI/c1-12-6-7-15(25-17(19)20)14(9-12)10-23-18(21-3)22-8-4-5-16-24-13(2)11-26-16;/h6-7,9,11,17H,4-5,8,10H2,1-3H3,(H2,21,22,23);1H. The highest BCUT2D eigenvalue weighted by atomic mass is 127. The lowest BCUT2D eigenvalue weighted by Crippen LogP contribution is -2.37. The summed E-state index contributed by atoms with van der Waals surface area (Å²) in [4.78, 5) is 8.59. The number of aliphatic imine (C=N–C) groups is 1. The number of aromatic nitrogens is 1. The fraction of sp³-hybridized carbons (Fsp3) is 0.444. The summed E-state index contributed by atoms with van der Waals surface area (Å²) >= 11 is 1.67. The Morgan fingerprint density at radius 1 is 1.30 bits per heavy atom. The van der Waals surface area contributed by atoms with Crippen LogP contribution >= 0.6 is 35.3 Å². The van der Waals surface area contributed by atoms with E-state index in [9.17, 15) is 8.78 Å². The molecule has 0 spiro atoms. The maximum absolute atomic E-state index is 12.5. The van der Waals surface area contributed by atoms with Gasteiger partial charge in [-0.3, -0.25) is 4.99 Å². The van der Waals surface area contributed by atoms with Gasteiger partial charge in [-0.05, 0) is 26.3 Å². The van der Waals surface area contributed by atoms with Crippen LogP contribution in [0.2, 0.25) is 0 Å². The SMILES string of the molecule is CN=C(NCCCc1nc(C)cs1)NCc1cc(C)ccc1OC(F)F.I.